The van der Waals surface area contributed by atoms with E-state index in [-0.39, 0.29) is 24.3 Å². The number of hydrogen-bond acceptors (Lipinski definition) is 4. The largest absolute Gasteiger partial charge is 0.387 e. The zero-order chi connectivity index (χ0) is 24.6. The van der Waals surface area contributed by atoms with Crippen molar-refractivity contribution < 1.29 is 19.5 Å². The van der Waals surface area contributed by atoms with E-state index in [1.165, 1.54) is 0 Å². The van der Waals surface area contributed by atoms with Crippen molar-refractivity contribution in [2.24, 2.45) is 16.8 Å². The number of hydrogen-bond donors (Lipinski definition) is 1. The predicted molar refractivity (Wildman–Crippen MR) is 132 cm³/mol. The average molecular weight is 506 g/mol. The highest BCUT2D eigenvalue weighted by atomic mass is 35.5. The van der Waals surface area contributed by atoms with E-state index in [2.05, 4.69) is 4.99 Å². The fourth-order valence-corrected chi connectivity index (χ4v) is 5.81. The average Bonchev–Trinajstić information content (AvgIpc) is 2.80. The predicted octanol–water partition coefficient (Wildman–Crippen LogP) is 3.33. The van der Waals surface area contributed by atoms with Crippen LogP contribution in [0.2, 0.25) is 10.0 Å². The van der Waals surface area contributed by atoms with Crippen LogP contribution in [0, 0.1) is 11.8 Å². The molecule has 0 aromatic heterocycles. The molecule has 0 aliphatic carbocycles. The van der Waals surface area contributed by atoms with Gasteiger partial charge in [0.1, 0.15) is 6.61 Å². The van der Waals surface area contributed by atoms with Gasteiger partial charge in [-0.3, -0.25) is 14.4 Å². The molecule has 1 atom stereocenters. The van der Waals surface area contributed by atoms with Crippen LogP contribution in [0.1, 0.15) is 48.2 Å². The molecule has 0 radical (unpaired) electrons. The summed E-state index contributed by atoms with van der Waals surface area (Å²) in [7, 11) is 0. The van der Waals surface area contributed by atoms with Gasteiger partial charge in [0.2, 0.25) is 5.91 Å². The second-order valence-electron chi connectivity index (χ2n) is 9.40. The van der Waals surface area contributed by atoms with Crippen LogP contribution in [0.25, 0.3) is 0 Å². The molecule has 1 N–H and O–H groups in total. The summed E-state index contributed by atoms with van der Waals surface area (Å²) in [6, 6.07) is 1.87. The van der Waals surface area contributed by atoms with Gasteiger partial charge < -0.3 is 14.9 Å². The molecule has 7 nitrogen and oxygen atoms in total. The van der Waals surface area contributed by atoms with Crippen LogP contribution >= 0.6 is 23.2 Å². The minimum absolute atomic E-state index is 0.203. The molecule has 0 saturated carbocycles. The first kappa shape index (κ1) is 24.9. The van der Waals surface area contributed by atoms with Gasteiger partial charge in [-0.15, -0.1) is 0 Å². The summed E-state index contributed by atoms with van der Waals surface area (Å²) in [5.74, 6) is -0.817. The van der Waals surface area contributed by atoms with Gasteiger partial charge in [0.15, 0.2) is 0 Å². The number of nitrogens with zero attached hydrogens (tertiary/aromatic N) is 3. The van der Waals surface area contributed by atoms with Crippen molar-refractivity contribution in [2.75, 3.05) is 32.8 Å². The molecule has 3 amide bonds. The monoisotopic (exact) mass is 505 g/mol. The summed E-state index contributed by atoms with van der Waals surface area (Å²) in [5.41, 5.74) is 3.61. The van der Waals surface area contributed by atoms with Crippen molar-refractivity contribution in [2.45, 2.75) is 39.5 Å². The van der Waals surface area contributed by atoms with Crippen LogP contribution in [0.15, 0.2) is 22.7 Å². The Bertz CT molecular complexity index is 1090. The molecule has 1 aromatic rings. The minimum atomic E-state index is -0.469. The van der Waals surface area contributed by atoms with Crippen molar-refractivity contribution in [3.05, 3.63) is 44.5 Å². The number of halogens is 2. The molecule has 3 aliphatic rings. The molecule has 1 saturated heterocycles. The number of aliphatic hydroxyl groups excluding tert-OH is 1. The van der Waals surface area contributed by atoms with Crippen LogP contribution in [0.4, 0.5) is 0 Å². The second kappa shape index (κ2) is 10.2. The van der Waals surface area contributed by atoms with Crippen LogP contribution < -0.4 is 0 Å². The number of likely N-dealkylation sites (tertiary alicyclic amines) is 1. The lowest BCUT2D eigenvalue weighted by molar-refractivity contribution is -0.135. The Kier molecular flexibility index (Phi) is 7.45. The van der Waals surface area contributed by atoms with Gasteiger partial charge in [-0.05, 0) is 68.7 Å². The Morgan fingerprint density at radius 3 is 2.53 bits per heavy atom. The number of carbonyl (C=O) groups is 3. The normalized spacial score (nSPS) is 21.4. The summed E-state index contributed by atoms with van der Waals surface area (Å²) in [6.07, 6.45) is 4.72. The summed E-state index contributed by atoms with van der Waals surface area (Å²) in [4.78, 5) is 45.1. The number of carbonyl (C=O) groups excluding carboxylic acids is 3. The maximum atomic E-state index is 13.5. The third-order valence-corrected chi connectivity index (χ3v) is 7.88. The van der Waals surface area contributed by atoms with E-state index in [0.717, 1.165) is 29.5 Å². The van der Waals surface area contributed by atoms with E-state index < -0.39 is 12.5 Å². The van der Waals surface area contributed by atoms with Crippen LogP contribution in [-0.2, 0) is 22.4 Å². The van der Waals surface area contributed by atoms with E-state index >= 15 is 0 Å². The molecular formula is C25H29Cl2N3O4. The number of aliphatic hydroxyl groups is 1. The first-order valence-corrected chi connectivity index (χ1v) is 12.4. The zero-order valence-electron chi connectivity index (χ0n) is 19.4. The maximum absolute atomic E-state index is 13.5. The van der Waals surface area contributed by atoms with Crippen LogP contribution in [0.3, 0.4) is 0 Å². The molecule has 1 unspecified atom stereocenters. The summed E-state index contributed by atoms with van der Waals surface area (Å²) in [5, 5.41) is 10.0. The number of amides is 3. The molecule has 3 aliphatic heterocycles. The second-order valence-corrected chi connectivity index (χ2v) is 10.2. The molecule has 1 aromatic carbocycles. The lowest BCUT2D eigenvalue weighted by Crippen LogP contribution is -2.43. The first-order valence-electron chi connectivity index (χ1n) is 11.6. The first-order chi connectivity index (χ1) is 16.2. The number of rotatable bonds is 5. The highest BCUT2D eigenvalue weighted by molar-refractivity contribution is 6.37. The van der Waals surface area contributed by atoms with Gasteiger partial charge >= 0.3 is 0 Å². The Balaban J connectivity index is 1.51. The number of dihydropyridines is 1. The minimum Gasteiger partial charge on any atom is -0.387 e. The van der Waals surface area contributed by atoms with E-state index in [4.69, 9.17) is 28.3 Å². The van der Waals surface area contributed by atoms with Crippen molar-refractivity contribution in [1.29, 1.82) is 0 Å². The lowest BCUT2D eigenvalue weighted by atomic mass is 9.87. The van der Waals surface area contributed by atoms with Gasteiger partial charge in [-0.1, -0.05) is 28.8 Å². The van der Waals surface area contributed by atoms with Crippen LogP contribution in [-0.4, -0.2) is 71.1 Å². The van der Waals surface area contributed by atoms with E-state index in [1.807, 2.05) is 19.1 Å². The topological polar surface area (TPSA) is 90.3 Å². The molecular weight excluding hydrogens is 477 g/mol. The van der Waals surface area contributed by atoms with Crippen molar-refractivity contribution >= 4 is 46.6 Å². The standard InChI is InChI=1S/C25H29Cl2N3O4/c1-14-9-15(2)28-24(33)19(14)12-30-8-5-18-20(26)11-17(23(27)22(18)25(30)34)10-16-3-6-29(7-4-16)21(32)13-31/h9,11,16,19,31H,3-8,10,12-13H2,1-2H3. The van der Waals surface area contributed by atoms with Gasteiger partial charge in [-0.25, -0.2) is 4.99 Å². The molecule has 0 bridgehead atoms. The molecule has 34 heavy (non-hydrogen) atoms. The quantitative estimate of drug-likeness (QED) is 0.664. The van der Waals surface area contributed by atoms with Crippen molar-refractivity contribution in [3.63, 3.8) is 0 Å². The smallest absolute Gasteiger partial charge is 0.255 e. The van der Waals surface area contributed by atoms with Gasteiger partial charge in [0, 0.05) is 36.9 Å². The van der Waals surface area contributed by atoms with E-state index in [0.29, 0.717) is 59.7 Å². The van der Waals surface area contributed by atoms with Crippen LogP contribution in [0.5, 0.6) is 0 Å². The number of piperidine rings is 1. The Labute approximate surface area is 209 Å². The molecule has 3 heterocycles. The number of allylic oxidation sites excluding steroid dienone is 1. The summed E-state index contributed by atoms with van der Waals surface area (Å²) >= 11 is 13.4. The van der Waals surface area contributed by atoms with Gasteiger partial charge in [-0.2, -0.15) is 0 Å². The third-order valence-electron chi connectivity index (χ3n) is 7.11. The molecule has 182 valence electrons. The molecule has 4 rings (SSSR count). The number of benzene rings is 1. The Hall–Kier alpha value is -2.22. The van der Waals surface area contributed by atoms with E-state index in [9.17, 15) is 14.4 Å². The lowest BCUT2D eigenvalue weighted by Gasteiger charge is -2.34. The number of aliphatic imine (C=N–C) groups is 1. The number of fused-ring (bicyclic) bond motifs is 1. The van der Waals surface area contributed by atoms with Crippen molar-refractivity contribution in [1.82, 2.24) is 9.80 Å². The fraction of sp³-hybridized carbons (Fsp3) is 0.520. The third kappa shape index (κ3) is 4.92. The maximum Gasteiger partial charge on any atom is 0.255 e. The molecule has 9 heteroatoms. The Morgan fingerprint density at radius 2 is 1.88 bits per heavy atom. The zero-order valence-corrected chi connectivity index (χ0v) is 21.0. The Morgan fingerprint density at radius 1 is 1.18 bits per heavy atom. The molecule has 1 fully saturated rings. The van der Waals surface area contributed by atoms with E-state index in [1.54, 1.807) is 16.7 Å². The summed E-state index contributed by atoms with van der Waals surface area (Å²) in [6.45, 7) is 5.14. The summed E-state index contributed by atoms with van der Waals surface area (Å²) < 4.78 is 0. The van der Waals surface area contributed by atoms with Gasteiger partial charge in [0.05, 0.1) is 16.5 Å². The van der Waals surface area contributed by atoms with Crippen molar-refractivity contribution in [3.8, 4) is 0 Å². The highest BCUT2D eigenvalue weighted by Gasteiger charge is 2.34. The fourth-order valence-electron chi connectivity index (χ4n) is 5.16. The SMILES string of the molecule is CC1=CC(C)=NC(=O)C1CN1CCc2c(Cl)cc(CC3CCN(C(=O)CO)CC3)c(Cl)c2C1=O. The molecule has 0 spiro atoms. The van der Waals surface area contributed by atoms with Gasteiger partial charge in [0.25, 0.3) is 11.8 Å². The highest BCUT2D eigenvalue weighted by Crippen LogP contribution is 2.37.